The number of hydrogen-bond acceptors (Lipinski definition) is 3. The molecule has 3 heteroatoms. The van der Waals surface area contributed by atoms with Crippen LogP contribution in [0.1, 0.15) is 5.56 Å². The van der Waals surface area contributed by atoms with Gasteiger partial charge in [0.15, 0.2) is 5.78 Å². The number of methoxy groups -OCH3 is 2. The molecule has 1 aliphatic rings. The standard InChI is InChI=1S/C15H16O3/c1-17-13-6-3-11(4-7-13)9-12-5-8-14(18-2)10-15(12)16/h3-8,10,12H,9H2,1-2H3. The average Bonchev–Trinajstić information content (AvgIpc) is 2.42. The van der Waals surface area contributed by atoms with Crippen LogP contribution in [0.2, 0.25) is 0 Å². The summed E-state index contributed by atoms with van der Waals surface area (Å²) in [7, 11) is 3.20. The van der Waals surface area contributed by atoms with Gasteiger partial charge in [-0.25, -0.2) is 0 Å². The van der Waals surface area contributed by atoms with Crippen LogP contribution in [0.15, 0.2) is 48.3 Å². The number of carbonyl (C=O) groups excluding carboxylic acids is 1. The Balaban J connectivity index is 2.04. The van der Waals surface area contributed by atoms with Crippen LogP contribution in [0, 0.1) is 5.92 Å². The van der Waals surface area contributed by atoms with Crippen LogP contribution in [-0.4, -0.2) is 20.0 Å². The number of ketones is 1. The minimum absolute atomic E-state index is 0.0881. The molecule has 94 valence electrons. The number of benzene rings is 1. The minimum Gasteiger partial charge on any atom is -0.497 e. The van der Waals surface area contributed by atoms with Gasteiger partial charge < -0.3 is 9.47 Å². The first-order valence-corrected chi connectivity index (χ1v) is 5.83. The molecule has 2 rings (SSSR count). The number of carbonyl (C=O) groups is 1. The lowest BCUT2D eigenvalue weighted by molar-refractivity contribution is -0.117. The summed E-state index contributed by atoms with van der Waals surface area (Å²) < 4.78 is 10.1. The molecule has 0 aromatic heterocycles. The highest BCUT2D eigenvalue weighted by molar-refractivity contribution is 5.95. The zero-order valence-corrected chi connectivity index (χ0v) is 10.6. The highest BCUT2D eigenvalue weighted by atomic mass is 16.5. The molecule has 0 saturated carbocycles. The summed E-state index contributed by atoms with van der Waals surface area (Å²) in [5.74, 6) is 1.43. The van der Waals surface area contributed by atoms with E-state index in [1.807, 2.05) is 36.4 Å². The summed E-state index contributed by atoms with van der Waals surface area (Å²) in [5.41, 5.74) is 1.12. The van der Waals surface area contributed by atoms with Gasteiger partial charge in [-0.2, -0.15) is 0 Å². The molecule has 3 nitrogen and oxygen atoms in total. The van der Waals surface area contributed by atoms with Crippen molar-refractivity contribution in [3.8, 4) is 5.75 Å². The Morgan fingerprint density at radius 3 is 2.39 bits per heavy atom. The minimum atomic E-state index is -0.0997. The van der Waals surface area contributed by atoms with Crippen molar-refractivity contribution < 1.29 is 14.3 Å². The van der Waals surface area contributed by atoms with E-state index in [0.29, 0.717) is 12.2 Å². The molecule has 0 spiro atoms. The van der Waals surface area contributed by atoms with Gasteiger partial charge >= 0.3 is 0 Å². The van der Waals surface area contributed by atoms with Crippen molar-refractivity contribution in [2.45, 2.75) is 6.42 Å². The Morgan fingerprint density at radius 1 is 1.11 bits per heavy atom. The van der Waals surface area contributed by atoms with Gasteiger partial charge in [0.2, 0.25) is 0 Å². The molecule has 18 heavy (non-hydrogen) atoms. The van der Waals surface area contributed by atoms with E-state index in [9.17, 15) is 4.79 Å². The second kappa shape index (κ2) is 5.54. The topological polar surface area (TPSA) is 35.5 Å². The largest absolute Gasteiger partial charge is 0.497 e. The maximum atomic E-state index is 11.9. The molecule has 1 atom stereocenters. The Kier molecular flexibility index (Phi) is 3.82. The lowest BCUT2D eigenvalue weighted by atomic mass is 9.91. The zero-order chi connectivity index (χ0) is 13.0. The second-order valence-corrected chi connectivity index (χ2v) is 4.17. The smallest absolute Gasteiger partial charge is 0.166 e. The Labute approximate surface area is 107 Å². The van der Waals surface area contributed by atoms with Crippen molar-refractivity contribution in [3.63, 3.8) is 0 Å². The Hall–Kier alpha value is -2.03. The van der Waals surface area contributed by atoms with Crippen molar-refractivity contribution in [3.05, 3.63) is 53.8 Å². The van der Waals surface area contributed by atoms with Crippen molar-refractivity contribution in [1.29, 1.82) is 0 Å². The fourth-order valence-electron chi connectivity index (χ4n) is 1.91. The molecule has 0 N–H and O–H groups in total. The molecule has 1 aliphatic carbocycles. The number of ether oxygens (including phenoxy) is 2. The summed E-state index contributed by atoms with van der Waals surface area (Å²) in [6.45, 7) is 0. The molecule has 1 unspecified atom stereocenters. The van der Waals surface area contributed by atoms with E-state index in [2.05, 4.69) is 0 Å². The predicted octanol–water partition coefficient (Wildman–Crippen LogP) is 2.52. The van der Waals surface area contributed by atoms with E-state index < -0.39 is 0 Å². The summed E-state index contributed by atoms with van der Waals surface area (Å²) in [5, 5.41) is 0. The first-order chi connectivity index (χ1) is 8.72. The summed E-state index contributed by atoms with van der Waals surface area (Å²) in [4.78, 5) is 11.9. The summed E-state index contributed by atoms with van der Waals surface area (Å²) in [6.07, 6.45) is 5.99. The molecule has 0 bridgehead atoms. The SMILES string of the molecule is COC1=CC(=O)C(Cc2ccc(OC)cc2)C=C1. The third-order valence-corrected chi connectivity index (χ3v) is 2.99. The first kappa shape index (κ1) is 12.4. The van der Waals surface area contributed by atoms with E-state index >= 15 is 0 Å². The van der Waals surface area contributed by atoms with Gasteiger partial charge in [0.1, 0.15) is 11.5 Å². The van der Waals surface area contributed by atoms with Gasteiger partial charge in [0.05, 0.1) is 14.2 Å². The Bertz CT molecular complexity index is 483. The molecule has 0 amide bonds. The maximum Gasteiger partial charge on any atom is 0.166 e. The van der Waals surface area contributed by atoms with Gasteiger partial charge in [0.25, 0.3) is 0 Å². The lowest BCUT2D eigenvalue weighted by Gasteiger charge is -2.14. The molecular weight excluding hydrogens is 228 g/mol. The van der Waals surface area contributed by atoms with E-state index in [4.69, 9.17) is 9.47 Å². The first-order valence-electron chi connectivity index (χ1n) is 5.83. The fraction of sp³-hybridized carbons (Fsp3) is 0.267. The van der Waals surface area contributed by atoms with Crippen molar-refractivity contribution in [1.82, 2.24) is 0 Å². The van der Waals surface area contributed by atoms with E-state index in [1.165, 1.54) is 0 Å². The van der Waals surface area contributed by atoms with Crippen molar-refractivity contribution >= 4 is 5.78 Å². The quantitative estimate of drug-likeness (QED) is 0.816. The normalized spacial score (nSPS) is 18.4. The number of allylic oxidation sites excluding steroid dienone is 3. The highest BCUT2D eigenvalue weighted by Gasteiger charge is 2.18. The second-order valence-electron chi connectivity index (χ2n) is 4.17. The molecular formula is C15H16O3. The number of rotatable bonds is 4. The molecule has 0 heterocycles. The average molecular weight is 244 g/mol. The van der Waals surface area contributed by atoms with Crippen molar-refractivity contribution in [2.75, 3.05) is 14.2 Å². The molecule has 0 fully saturated rings. The molecule has 1 aromatic rings. The summed E-state index contributed by atoms with van der Waals surface area (Å²) in [6, 6.07) is 7.77. The van der Waals surface area contributed by atoms with Gasteiger partial charge in [-0.15, -0.1) is 0 Å². The predicted molar refractivity (Wildman–Crippen MR) is 69.4 cm³/mol. The zero-order valence-electron chi connectivity index (χ0n) is 10.6. The van der Waals surface area contributed by atoms with E-state index in [1.54, 1.807) is 20.3 Å². The van der Waals surface area contributed by atoms with Crippen LogP contribution in [0.4, 0.5) is 0 Å². The van der Waals surface area contributed by atoms with Crippen LogP contribution in [0.25, 0.3) is 0 Å². The van der Waals surface area contributed by atoms with Crippen molar-refractivity contribution in [2.24, 2.45) is 5.92 Å². The molecule has 1 aromatic carbocycles. The van der Waals surface area contributed by atoms with Gasteiger partial charge in [0, 0.05) is 12.0 Å². The van der Waals surface area contributed by atoms with Crippen LogP contribution >= 0.6 is 0 Å². The van der Waals surface area contributed by atoms with E-state index in [0.717, 1.165) is 11.3 Å². The third kappa shape index (κ3) is 2.80. The Morgan fingerprint density at radius 2 is 1.83 bits per heavy atom. The van der Waals surface area contributed by atoms with Crippen LogP contribution in [-0.2, 0) is 16.0 Å². The van der Waals surface area contributed by atoms with Gasteiger partial charge in [-0.1, -0.05) is 18.2 Å². The van der Waals surface area contributed by atoms with Gasteiger partial charge in [-0.3, -0.25) is 4.79 Å². The highest BCUT2D eigenvalue weighted by Crippen LogP contribution is 2.20. The number of hydrogen-bond donors (Lipinski definition) is 0. The molecule has 0 radical (unpaired) electrons. The maximum absolute atomic E-state index is 11.9. The lowest BCUT2D eigenvalue weighted by Crippen LogP contribution is -2.16. The monoisotopic (exact) mass is 244 g/mol. The summed E-state index contributed by atoms with van der Waals surface area (Å²) >= 11 is 0. The van der Waals surface area contributed by atoms with Crippen LogP contribution in [0.3, 0.4) is 0 Å². The van der Waals surface area contributed by atoms with E-state index in [-0.39, 0.29) is 11.7 Å². The van der Waals surface area contributed by atoms with Crippen LogP contribution < -0.4 is 4.74 Å². The van der Waals surface area contributed by atoms with Gasteiger partial charge in [-0.05, 0) is 30.2 Å². The van der Waals surface area contributed by atoms with Crippen LogP contribution in [0.5, 0.6) is 5.75 Å². The fourth-order valence-corrected chi connectivity index (χ4v) is 1.91. The molecule has 0 saturated heterocycles. The third-order valence-electron chi connectivity index (χ3n) is 2.99. The molecule has 0 aliphatic heterocycles.